The third-order valence-corrected chi connectivity index (χ3v) is 6.68. The summed E-state index contributed by atoms with van der Waals surface area (Å²) in [7, 11) is 0. The van der Waals surface area contributed by atoms with Crippen LogP contribution in [0.5, 0.6) is 5.75 Å². The molecule has 2 aromatic carbocycles. The Labute approximate surface area is 194 Å². The van der Waals surface area contributed by atoms with E-state index in [1.165, 1.54) is 0 Å². The average molecular weight is 454 g/mol. The molecule has 7 heteroatoms. The van der Waals surface area contributed by atoms with Crippen LogP contribution in [0, 0.1) is 5.92 Å². The molecule has 0 bridgehead atoms. The number of aromatic carboxylic acids is 1. The monoisotopic (exact) mass is 453 g/mol. The minimum Gasteiger partial charge on any atom is -0.493 e. The molecule has 2 aliphatic heterocycles. The number of nitrogens with one attached hydrogen (secondary N) is 1. The summed E-state index contributed by atoms with van der Waals surface area (Å²) < 4.78 is 17.0. The number of carbonyl (C=O) groups excluding carboxylic acids is 1. The first-order valence-electron chi connectivity index (χ1n) is 11.5. The molecule has 0 aliphatic carbocycles. The van der Waals surface area contributed by atoms with E-state index < -0.39 is 11.4 Å². The SMILES string of the molecule is C[C@H](NC(=O)C1(c2cccc(OC[C@H]3CCOC3)c2)CCOCC1)c1ccc(C(=O)O)cc1. The molecule has 0 unspecified atom stereocenters. The van der Waals surface area contributed by atoms with Crippen molar-refractivity contribution in [1.29, 1.82) is 0 Å². The average Bonchev–Trinajstić information content (AvgIpc) is 3.37. The molecule has 2 N–H and O–H groups in total. The molecule has 7 nitrogen and oxygen atoms in total. The summed E-state index contributed by atoms with van der Waals surface area (Å²) in [5.74, 6) is 0.140. The second-order valence-electron chi connectivity index (χ2n) is 8.89. The van der Waals surface area contributed by atoms with Crippen molar-refractivity contribution >= 4 is 11.9 Å². The maximum absolute atomic E-state index is 13.6. The number of carboxylic acid groups (broad SMARTS) is 1. The van der Waals surface area contributed by atoms with E-state index >= 15 is 0 Å². The molecule has 4 rings (SSSR count). The number of ether oxygens (including phenoxy) is 3. The van der Waals surface area contributed by atoms with Crippen molar-refractivity contribution in [2.24, 2.45) is 5.92 Å². The predicted molar refractivity (Wildman–Crippen MR) is 123 cm³/mol. The zero-order valence-corrected chi connectivity index (χ0v) is 18.9. The molecule has 2 fully saturated rings. The summed E-state index contributed by atoms with van der Waals surface area (Å²) in [6, 6.07) is 14.2. The van der Waals surface area contributed by atoms with Crippen LogP contribution in [0.15, 0.2) is 48.5 Å². The number of hydrogen-bond acceptors (Lipinski definition) is 5. The summed E-state index contributed by atoms with van der Waals surface area (Å²) in [6.45, 7) is 5.06. The molecule has 0 spiro atoms. The smallest absolute Gasteiger partial charge is 0.335 e. The molecule has 176 valence electrons. The minimum atomic E-state index is -0.970. The molecule has 0 saturated carbocycles. The summed E-state index contributed by atoms with van der Waals surface area (Å²) in [4.78, 5) is 24.8. The lowest BCUT2D eigenvalue weighted by atomic mass is 9.73. The van der Waals surface area contributed by atoms with E-state index in [-0.39, 0.29) is 17.5 Å². The van der Waals surface area contributed by atoms with Gasteiger partial charge in [-0.25, -0.2) is 4.79 Å². The van der Waals surface area contributed by atoms with Crippen LogP contribution in [-0.4, -0.2) is 50.0 Å². The van der Waals surface area contributed by atoms with Crippen molar-refractivity contribution in [2.45, 2.75) is 37.6 Å². The van der Waals surface area contributed by atoms with Gasteiger partial charge in [0.1, 0.15) is 5.75 Å². The lowest BCUT2D eigenvalue weighted by molar-refractivity contribution is -0.131. The molecule has 2 aromatic rings. The number of carboxylic acids is 1. The highest BCUT2D eigenvalue weighted by Crippen LogP contribution is 2.37. The number of hydrogen-bond donors (Lipinski definition) is 2. The highest BCUT2D eigenvalue weighted by molar-refractivity contribution is 5.89. The lowest BCUT2D eigenvalue weighted by Gasteiger charge is -2.37. The van der Waals surface area contributed by atoms with Crippen LogP contribution in [0.2, 0.25) is 0 Å². The van der Waals surface area contributed by atoms with Crippen LogP contribution in [-0.2, 0) is 19.7 Å². The van der Waals surface area contributed by atoms with Crippen LogP contribution in [0.4, 0.5) is 0 Å². The fourth-order valence-corrected chi connectivity index (χ4v) is 4.51. The normalized spacial score (nSPS) is 20.7. The van der Waals surface area contributed by atoms with Gasteiger partial charge >= 0.3 is 5.97 Å². The lowest BCUT2D eigenvalue weighted by Crippen LogP contribution is -2.48. The van der Waals surface area contributed by atoms with E-state index in [1.54, 1.807) is 24.3 Å². The van der Waals surface area contributed by atoms with Crippen molar-refractivity contribution in [3.63, 3.8) is 0 Å². The number of amides is 1. The molecule has 0 radical (unpaired) electrons. The van der Waals surface area contributed by atoms with Gasteiger partial charge < -0.3 is 24.6 Å². The maximum atomic E-state index is 13.6. The van der Waals surface area contributed by atoms with Crippen LogP contribution >= 0.6 is 0 Å². The molecule has 2 heterocycles. The summed E-state index contributed by atoms with van der Waals surface area (Å²) in [6.07, 6.45) is 2.18. The van der Waals surface area contributed by atoms with Crippen LogP contribution < -0.4 is 10.1 Å². The molecule has 0 aromatic heterocycles. The Morgan fingerprint density at radius 3 is 2.55 bits per heavy atom. The standard InChI is InChI=1S/C26H31NO6/c1-18(20-5-7-21(8-6-20)24(28)29)27-25(30)26(10-13-31-14-11-26)22-3-2-4-23(15-22)33-17-19-9-12-32-16-19/h2-8,15,18-19H,9-14,16-17H2,1H3,(H,27,30)(H,28,29)/t18-,19-/m0/s1. The molecule has 2 atom stereocenters. The van der Waals surface area contributed by atoms with Gasteiger partial charge in [-0.1, -0.05) is 24.3 Å². The Morgan fingerprint density at radius 2 is 1.88 bits per heavy atom. The van der Waals surface area contributed by atoms with Gasteiger partial charge in [0.25, 0.3) is 0 Å². The van der Waals surface area contributed by atoms with Crippen molar-refractivity contribution in [1.82, 2.24) is 5.32 Å². The third kappa shape index (κ3) is 5.37. The van der Waals surface area contributed by atoms with Gasteiger partial charge in [-0.15, -0.1) is 0 Å². The number of benzene rings is 2. The topological polar surface area (TPSA) is 94.1 Å². The minimum absolute atomic E-state index is 0.0537. The van der Waals surface area contributed by atoms with E-state index in [0.717, 1.165) is 36.5 Å². The molecule has 33 heavy (non-hydrogen) atoms. The Balaban J connectivity index is 1.51. The molecular formula is C26H31NO6. The summed E-state index contributed by atoms with van der Waals surface area (Å²) in [5, 5.41) is 12.3. The van der Waals surface area contributed by atoms with Crippen molar-refractivity contribution in [3.8, 4) is 5.75 Å². The van der Waals surface area contributed by atoms with Gasteiger partial charge in [-0.05, 0) is 61.6 Å². The molecular weight excluding hydrogens is 422 g/mol. The Kier molecular flexibility index (Phi) is 7.30. The second-order valence-corrected chi connectivity index (χ2v) is 8.89. The molecule has 2 saturated heterocycles. The van der Waals surface area contributed by atoms with Gasteiger partial charge in [0.05, 0.1) is 30.2 Å². The zero-order valence-electron chi connectivity index (χ0n) is 18.9. The number of carbonyl (C=O) groups is 2. The third-order valence-electron chi connectivity index (χ3n) is 6.68. The Bertz CT molecular complexity index is 961. The fraction of sp³-hybridized carbons (Fsp3) is 0.462. The Hall–Kier alpha value is -2.90. The van der Waals surface area contributed by atoms with Crippen LogP contribution in [0.1, 0.15) is 53.7 Å². The number of rotatable bonds is 8. The van der Waals surface area contributed by atoms with Crippen LogP contribution in [0.25, 0.3) is 0 Å². The zero-order chi connectivity index (χ0) is 23.3. The van der Waals surface area contributed by atoms with E-state index in [9.17, 15) is 9.59 Å². The first-order valence-corrected chi connectivity index (χ1v) is 11.5. The van der Waals surface area contributed by atoms with Crippen molar-refractivity contribution < 1.29 is 28.9 Å². The quantitative estimate of drug-likeness (QED) is 0.633. The fourth-order valence-electron chi connectivity index (χ4n) is 4.51. The maximum Gasteiger partial charge on any atom is 0.335 e. The van der Waals surface area contributed by atoms with Gasteiger partial charge in [0.15, 0.2) is 0 Å². The van der Waals surface area contributed by atoms with Crippen LogP contribution in [0.3, 0.4) is 0 Å². The Morgan fingerprint density at radius 1 is 1.12 bits per heavy atom. The van der Waals surface area contributed by atoms with Crippen molar-refractivity contribution in [3.05, 3.63) is 65.2 Å². The highest BCUT2D eigenvalue weighted by Gasteiger charge is 2.42. The van der Waals surface area contributed by atoms with E-state index in [4.69, 9.17) is 19.3 Å². The molecule has 2 aliphatic rings. The van der Waals surface area contributed by atoms with Gasteiger partial charge in [0.2, 0.25) is 5.91 Å². The first-order chi connectivity index (χ1) is 16.0. The van der Waals surface area contributed by atoms with Gasteiger partial charge in [-0.2, -0.15) is 0 Å². The first kappa shape index (κ1) is 23.3. The van der Waals surface area contributed by atoms with E-state index in [0.29, 0.717) is 38.6 Å². The van der Waals surface area contributed by atoms with Gasteiger partial charge in [0, 0.05) is 25.7 Å². The van der Waals surface area contributed by atoms with E-state index in [2.05, 4.69) is 5.32 Å². The van der Waals surface area contributed by atoms with Gasteiger partial charge in [-0.3, -0.25) is 4.79 Å². The van der Waals surface area contributed by atoms with Crippen molar-refractivity contribution in [2.75, 3.05) is 33.0 Å². The molecule has 1 amide bonds. The largest absolute Gasteiger partial charge is 0.493 e. The highest BCUT2D eigenvalue weighted by atomic mass is 16.5. The van der Waals surface area contributed by atoms with E-state index in [1.807, 2.05) is 31.2 Å². The summed E-state index contributed by atoms with van der Waals surface area (Å²) >= 11 is 0. The summed E-state index contributed by atoms with van der Waals surface area (Å²) in [5.41, 5.74) is 1.30. The predicted octanol–water partition coefficient (Wildman–Crippen LogP) is 3.73. The second kappa shape index (κ2) is 10.4.